The van der Waals surface area contributed by atoms with Gasteiger partial charge in [0.05, 0.1) is 5.69 Å². The van der Waals surface area contributed by atoms with Crippen LogP contribution in [0.3, 0.4) is 0 Å². The molecule has 4 nitrogen and oxygen atoms in total. The number of piperazine rings is 1. The summed E-state index contributed by atoms with van der Waals surface area (Å²) in [6.45, 7) is 2.16. The first kappa shape index (κ1) is 11.6. The molecule has 2 fully saturated rings. The number of thiazole rings is 1. The Morgan fingerprint density at radius 1 is 1.47 bits per heavy atom. The van der Waals surface area contributed by atoms with Gasteiger partial charge in [-0.15, -0.1) is 11.3 Å². The molecular formula is C13H13ClN4S. The van der Waals surface area contributed by atoms with Crippen LogP contribution in [-0.2, 0) is 0 Å². The number of halogens is 1. The fraction of sp³-hybridized carbons (Fsp3) is 0.385. The number of aromatic nitrogens is 2. The second-order valence-corrected chi connectivity index (χ2v) is 6.25. The number of nitrogens with one attached hydrogen (secondary N) is 1. The van der Waals surface area contributed by atoms with E-state index >= 15 is 0 Å². The maximum atomic E-state index is 5.93. The van der Waals surface area contributed by atoms with Crippen molar-refractivity contribution in [3.8, 4) is 11.3 Å². The van der Waals surface area contributed by atoms with Crippen molar-refractivity contribution in [3.05, 3.63) is 28.9 Å². The topological polar surface area (TPSA) is 41.0 Å². The lowest BCUT2D eigenvalue weighted by molar-refractivity contribution is 0.579. The van der Waals surface area contributed by atoms with E-state index in [1.165, 1.54) is 6.42 Å². The number of pyridine rings is 1. The minimum absolute atomic E-state index is 0.511. The van der Waals surface area contributed by atoms with Gasteiger partial charge in [-0.3, -0.25) is 0 Å². The number of fused-ring (bicyclic) bond motifs is 2. The average Bonchev–Trinajstić information content (AvgIpc) is 3.14. The van der Waals surface area contributed by atoms with Crippen molar-refractivity contribution in [1.29, 1.82) is 0 Å². The molecule has 2 bridgehead atoms. The fourth-order valence-corrected chi connectivity index (χ4v) is 3.98. The Balaban J connectivity index is 1.63. The highest BCUT2D eigenvalue weighted by atomic mass is 35.5. The van der Waals surface area contributed by atoms with E-state index in [-0.39, 0.29) is 0 Å². The maximum Gasteiger partial charge on any atom is 0.186 e. The van der Waals surface area contributed by atoms with Crippen molar-refractivity contribution < 1.29 is 0 Å². The Labute approximate surface area is 120 Å². The monoisotopic (exact) mass is 292 g/mol. The fourth-order valence-electron chi connectivity index (χ4n) is 2.89. The molecule has 2 saturated heterocycles. The van der Waals surface area contributed by atoms with Gasteiger partial charge in [-0.25, -0.2) is 9.97 Å². The van der Waals surface area contributed by atoms with Crippen LogP contribution in [0.5, 0.6) is 0 Å². The summed E-state index contributed by atoms with van der Waals surface area (Å²) < 4.78 is 0. The Hall–Kier alpha value is -1.17. The van der Waals surface area contributed by atoms with Crippen LogP contribution in [0.15, 0.2) is 23.7 Å². The highest BCUT2D eigenvalue weighted by Crippen LogP contribution is 2.34. The van der Waals surface area contributed by atoms with Crippen LogP contribution in [0, 0.1) is 0 Å². The zero-order valence-electron chi connectivity index (χ0n) is 10.2. The van der Waals surface area contributed by atoms with E-state index in [4.69, 9.17) is 16.6 Å². The Bertz CT molecular complexity index is 614. The highest BCUT2D eigenvalue weighted by molar-refractivity contribution is 7.14. The first-order chi connectivity index (χ1) is 9.29. The molecule has 19 heavy (non-hydrogen) atoms. The van der Waals surface area contributed by atoms with Crippen molar-refractivity contribution >= 4 is 28.1 Å². The second kappa shape index (κ2) is 4.44. The van der Waals surface area contributed by atoms with Gasteiger partial charge in [-0.1, -0.05) is 11.6 Å². The molecule has 2 aliphatic heterocycles. The molecule has 2 aliphatic rings. The van der Waals surface area contributed by atoms with Crippen molar-refractivity contribution in [2.75, 3.05) is 18.0 Å². The Morgan fingerprint density at radius 3 is 3.16 bits per heavy atom. The molecule has 0 aromatic carbocycles. The van der Waals surface area contributed by atoms with Gasteiger partial charge in [0, 0.05) is 42.3 Å². The minimum atomic E-state index is 0.511. The number of nitrogens with zero attached hydrogens (tertiary/aromatic N) is 3. The molecule has 0 spiro atoms. The van der Waals surface area contributed by atoms with Crippen LogP contribution in [-0.4, -0.2) is 35.1 Å². The molecule has 4 heterocycles. The first-order valence-electron chi connectivity index (χ1n) is 6.37. The molecule has 98 valence electrons. The lowest BCUT2D eigenvalue weighted by Gasteiger charge is -2.26. The largest absolute Gasteiger partial charge is 0.342 e. The van der Waals surface area contributed by atoms with Crippen LogP contribution < -0.4 is 10.2 Å². The van der Waals surface area contributed by atoms with Crippen LogP contribution in [0.1, 0.15) is 6.42 Å². The van der Waals surface area contributed by atoms with E-state index in [9.17, 15) is 0 Å². The quantitative estimate of drug-likeness (QED) is 0.863. The molecule has 2 aromatic rings. The van der Waals surface area contributed by atoms with Crippen LogP contribution in [0.25, 0.3) is 11.3 Å². The lowest BCUT2D eigenvalue weighted by atomic mass is 10.2. The number of rotatable bonds is 2. The van der Waals surface area contributed by atoms with E-state index in [0.717, 1.165) is 29.5 Å². The van der Waals surface area contributed by atoms with Crippen molar-refractivity contribution in [1.82, 2.24) is 15.3 Å². The third-order valence-electron chi connectivity index (χ3n) is 3.82. The van der Waals surface area contributed by atoms with Gasteiger partial charge < -0.3 is 10.2 Å². The summed E-state index contributed by atoms with van der Waals surface area (Å²) in [6.07, 6.45) is 2.97. The summed E-state index contributed by atoms with van der Waals surface area (Å²) in [6, 6.07) is 5.07. The van der Waals surface area contributed by atoms with Crippen LogP contribution in [0.2, 0.25) is 5.15 Å². The molecule has 1 N–H and O–H groups in total. The Kier molecular flexibility index (Phi) is 2.72. The summed E-state index contributed by atoms with van der Waals surface area (Å²) in [5, 5.41) is 7.24. The van der Waals surface area contributed by atoms with Gasteiger partial charge in [0.1, 0.15) is 5.15 Å². The summed E-state index contributed by atoms with van der Waals surface area (Å²) in [5.74, 6) is 0. The summed E-state index contributed by atoms with van der Waals surface area (Å²) in [4.78, 5) is 11.2. The van der Waals surface area contributed by atoms with Gasteiger partial charge in [-0.2, -0.15) is 0 Å². The van der Waals surface area contributed by atoms with E-state index in [0.29, 0.717) is 17.2 Å². The second-order valence-electron chi connectivity index (χ2n) is 5.03. The summed E-state index contributed by atoms with van der Waals surface area (Å²) >= 11 is 7.64. The molecule has 0 amide bonds. The molecular weight excluding hydrogens is 280 g/mol. The van der Waals surface area contributed by atoms with Gasteiger partial charge in [0.2, 0.25) is 0 Å². The van der Waals surface area contributed by atoms with Crippen molar-refractivity contribution in [2.24, 2.45) is 0 Å². The normalized spacial score (nSPS) is 25.2. The summed E-state index contributed by atoms with van der Waals surface area (Å²) in [5.41, 5.74) is 2.02. The minimum Gasteiger partial charge on any atom is -0.342 e. The van der Waals surface area contributed by atoms with Gasteiger partial charge in [0.15, 0.2) is 5.13 Å². The molecule has 6 heteroatoms. The predicted molar refractivity (Wildman–Crippen MR) is 77.9 cm³/mol. The predicted octanol–water partition coefficient (Wildman–Crippen LogP) is 2.41. The molecule has 0 saturated carbocycles. The maximum absolute atomic E-state index is 5.93. The molecule has 2 atom stereocenters. The number of anilines is 1. The Morgan fingerprint density at radius 2 is 2.42 bits per heavy atom. The van der Waals surface area contributed by atoms with Gasteiger partial charge in [-0.05, 0) is 18.6 Å². The van der Waals surface area contributed by atoms with E-state index in [2.05, 4.69) is 20.6 Å². The summed E-state index contributed by atoms with van der Waals surface area (Å²) in [7, 11) is 0. The average molecular weight is 293 g/mol. The smallest absolute Gasteiger partial charge is 0.186 e. The van der Waals surface area contributed by atoms with Crippen LogP contribution in [0.4, 0.5) is 5.13 Å². The lowest BCUT2D eigenvalue weighted by Crippen LogP contribution is -2.43. The number of hydrogen-bond acceptors (Lipinski definition) is 5. The molecule has 0 radical (unpaired) electrons. The molecule has 2 unspecified atom stereocenters. The van der Waals surface area contributed by atoms with E-state index in [1.54, 1.807) is 17.5 Å². The van der Waals surface area contributed by atoms with Crippen molar-refractivity contribution in [3.63, 3.8) is 0 Å². The molecule has 2 aromatic heterocycles. The zero-order valence-corrected chi connectivity index (χ0v) is 11.8. The third-order valence-corrected chi connectivity index (χ3v) is 4.90. The molecule has 0 aliphatic carbocycles. The van der Waals surface area contributed by atoms with E-state index in [1.807, 2.05) is 12.1 Å². The third kappa shape index (κ3) is 2.02. The SMILES string of the molecule is Clc1cc(-c2csc(N3CC4CC3CN4)n2)ccn1. The zero-order chi connectivity index (χ0) is 12.8. The van der Waals surface area contributed by atoms with E-state index < -0.39 is 0 Å². The standard InChI is InChI=1S/C13H13ClN4S/c14-12-3-8(1-2-15-12)11-7-19-13(17-11)18-6-9-4-10(18)5-16-9/h1-3,7,9-10,16H,4-6H2. The first-order valence-corrected chi connectivity index (χ1v) is 7.63. The van der Waals surface area contributed by atoms with Crippen molar-refractivity contribution in [2.45, 2.75) is 18.5 Å². The number of hydrogen-bond donors (Lipinski definition) is 1. The molecule has 4 rings (SSSR count). The van der Waals surface area contributed by atoms with Crippen LogP contribution >= 0.6 is 22.9 Å². The van der Waals surface area contributed by atoms with Gasteiger partial charge >= 0.3 is 0 Å². The van der Waals surface area contributed by atoms with Gasteiger partial charge in [0.25, 0.3) is 0 Å². The highest BCUT2D eigenvalue weighted by Gasteiger charge is 2.38.